The number of rotatable bonds is 6. The first-order valence-electron chi connectivity index (χ1n) is 9.84. The molecule has 2 fully saturated rings. The molecule has 2 aliphatic rings. The van der Waals surface area contributed by atoms with Gasteiger partial charge in [-0.1, -0.05) is 12.1 Å². The minimum atomic E-state index is -0.477. The van der Waals surface area contributed by atoms with E-state index in [9.17, 15) is 9.59 Å². The number of carbonyl (C=O) groups is 2. The Bertz CT molecular complexity index is 631. The summed E-state index contributed by atoms with van der Waals surface area (Å²) in [5.41, 5.74) is 1.66. The summed E-state index contributed by atoms with van der Waals surface area (Å²) >= 11 is 0. The molecule has 0 saturated carbocycles. The van der Waals surface area contributed by atoms with E-state index in [0.717, 1.165) is 37.9 Å². The van der Waals surface area contributed by atoms with Crippen LogP contribution in [0.15, 0.2) is 24.3 Å². The summed E-state index contributed by atoms with van der Waals surface area (Å²) in [7, 11) is 0. The quantitative estimate of drug-likeness (QED) is 0.713. The lowest BCUT2D eigenvalue weighted by molar-refractivity contribution is -0.122. The number of nitrogens with one attached hydrogen (secondary N) is 3. The normalized spacial score (nSPS) is 23.2. The molecular formula is C20H29N3O4. The van der Waals surface area contributed by atoms with Crippen molar-refractivity contribution in [3.05, 3.63) is 29.8 Å². The van der Waals surface area contributed by atoms with Crippen molar-refractivity contribution < 1.29 is 19.1 Å². The summed E-state index contributed by atoms with van der Waals surface area (Å²) in [6.45, 7) is 2.56. The lowest BCUT2D eigenvalue weighted by Crippen LogP contribution is -2.47. The first kappa shape index (κ1) is 19.6. The van der Waals surface area contributed by atoms with Crippen LogP contribution in [-0.2, 0) is 20.9 Å². The number of anilines is 1. The monoisotopic (exact) mass is 375 g/mol. The highest BCUT2D eigenvalue weighted by atomic mass is 16.5. The molecule has 2 saturated heterocycles. The van der Waals surface area contributed by atoms with Crippen molar-refractivity contribution in [1.29, 1.82) is 0 Å². The van der Waals surface area contributed by atoms with Crippen molar-refractivity contribution in [2.75, 3.05) is 25.1 Å². The molecule has 1 aromatic carbocycles. The van der Waals surface area contributed by atoms with E-state index in [-0.39, 0.29) is 18.0 Å². The Hall–Kier alpha value is -2.12. The van der Waals surface area contributed by atoms with Gasteiger partial charge in [0.2, 0.25) is 5.91 Å². The summed E-state index contributed by atoms with van der Waals surface area (Å²) in [6.07, 6.45) is 6.10. The van der Waals surface area contributed by atoms with Crippen LogP contribution in [0.5, 0.6) is 0 Å². The topological polar surface area (TPSA) is 88.7 Å². The van der Waals surface area contributed by atoms with Crippen LogP contribution in [0.25, 0.3) is 0 Å². The van der Waals surface area contributed by atoms with Crippen LogP contribution in [0.2, 0.25) is 0 Å². The van der Waals surface area contributed by atoms with Crippen molar-refractivity contribution in [3.63, 3.8) is 0 Å². The van der Waals surface area contributed by atoms with Gasteiger partial charge >= 0.3 is 6.03 Å². The van der Waals surface area contributed by atoms with Crippen LogP contribution in [0.3, 0.4) is 0 Å². The number of urea groups is 1. The molecule has 2 aliphatic heterocycles. The molecule has 3 N–H and O–H groups in total. The van der Waals surface area contributed by atoms with Crippen LogP contribution < -0.4 is 16.0 Å². The summed E-state index contributed by atoms with van der Waals surface area (Å²) < 4.78 is 11.4. The molecule has 148 valence electrons. The predicted molar refractivity (Wildman–Crippen MR) is 102 cm³/mol. The van der Waals surface area contributed by atoms with Crippen LogP contribution in [0, 0.1) is 0 Å². The maximum Gasteiger partial charge on any atom is 0.319 e. The first-order chi connectivity index (χ1) is 13.2. The molecular weight excluding hydrogens is 346 g/mol. The van der Waals surface area contributed by atoms with Gasteiger partial charge in [0.1, 0.15) is 6.04 Å². The largest absolute Gasteiger partial charge is 0.376 e. The first-order valence-corrected chi connectivity index (χ1v) is 9.84. The van der Waals surface area contributed by atoms with Crippen LogP contribution in [0.4, 0.5) is 10.5 Å². The molecule has 0 aromatic heterocycles. The van der Waals surface area contributed by atoms with Crippen LogP contribution >= 0.6 is 0 Å². The van der Waals surface area contributed by atoms with E-state index >= 15 is 0 Å². The Morgan fingerprint density at radius 1 is 1.22 bits per heavy atom. The third-order valence-electron chi connectivity index (χ3n) is 4.87. The van der Waals surface area contributed by atoms with Crippen LogP contribution in [0.1, 0.15) is 44.1 Å². The Balaban J connectivity index is 1.44. The van der Waals surface area contributed by atoms with E-state index in [0.29, 0.717) is 31.9 Å². The van der Waals surface area contributed by atoms with Crippen molar-refractivity contribution >= 4 is 17.6 Å². The van der Waals surface area contributed by atoms with Crippen molar-refractivity contribution in [2.24, 2.45) is 0 Å². The van der Waals surface area contributed by atoms with Gasteiger partial charge in [-0.2, -0.15) is 0 Å². The minimum absolute atomic E-state index is 0.116. The average molecular weight is 375 g/mol. The Morgan fingerprint density at radius 3 is 2.96 bits per heavy atom. The Kier molecular flexibility index (Phi) is 7.47. The van der Waals surface area contributed by atoms with Gasteiger partial charge in [0.25, 0.3) is 0 Å². The van der Waals surface area contributed by atoms with Crippen molar-refractivity contribution in [2.45, 2.75) is 57.3 Å². The van der Waals surface area contributed by atoms with Gasteiger partial charge in [0, 0.05) is 18.8 Å². The third kappa shape index (κ3) is 6.52. The minimum Gasteiger partial charge on any atom is -0.376 e. The zero-order chi connectivity index (χ0) is 18.9. The van der Waals surface area contributed by atoms with E-state index < -0.39 is 6.04 Å². The second-order valence-electron chi connectivity index (χ2n) is 7.14. The van der Waals surface area contributed by atoms with Gasteiger partial charge in [-0.25, -0.2) is 4.79 Å². The fraction of sp³-hybridized carbons (Fsp3) is 0.600. The molecule has 2 atom stereocenters. The van der Waals surface area contributed by atoms with Crippen molar-refractivity contribution in [3.8, 4) is 0 Å². The lowest BCUT2D eigenvalue weighted by Gasteiger charge is -2.22. The highest BCUT2D eigenvalue weighted by molar-refractivity contribution is 5.93. The summed E-state index contributed by atoms with van der Waals surface area (Å²) in [6, 6.07) is 6.70. The number of amides is 3. The van der Waals surface area contributed by atoms with Gasteiger partial charge in [-0.05, 0) is 56.2 Å². The van der Waals surface area contributed by atoms with E-state index in [1.807, 2.05) is 24.3 Å². The number of hydrogen-bond donors (Lipinski definition) is 3. The van der Waals surface area contributed by atoms with Crippen molar-refractivity contribution in [1.82, 2.24) is 10.6 Å². The number of carbonyl (C=O) groups excluding carboxylic acids is 2. The Morgan fingerprint density at radius 2 is 2.11 bits per heavy atom. The van der Waals surface area contributed by atoms with Gasteiger partial charge in [-0.15, -0.1) is 0 Å². The van der Waals surface area contributed by atoms with Gasteiger partial charge < -0.3 is 25.4 Å². The molecule has 0 spiro atoms. The molecule has 0 bridgehead atoms. The summed E-state index contributed by atoms with van der Waals surface area (Å²) in [5, 5.41) is 8.37. The van der Waals surface area contributed by atoms with E-state index in [4.69, 9.17) is 9.47 Å². The number of hydrogen-bond acceptors (Lipinski definition) is 4. The molecule has 0 radical (unpaired) electrons. The van der Waals surface area contributed by atoms with Crippen LogP contribution in [-0.4, -0.2) is 43.8 Å². The Labute approximate surface area is 160 Å². The SMILES string of the molecule is O=C(Nc1cccc(COC[C@H]2CCCCO2)c1)N[C@H]1CCCCNC1=O. The number of benzene rings is 1. The number of ether oxygens (including phenoxy) is 2. The zero-order valence-corrected chi connectivity index (χ0v) is 15.7. The van der Waals surface area contributed by atoms with Gasteiger partial charge in [0.05, 0.1) is 19.3 Å². The second-order valence-corrected chi connectivity index (χ2v) is 7.14. The fourth-order valence-corrected chi connectivity index (χ4v) is 3.39. The molecule has 3 rings (SSSR count). The highest BCUT2D eigenvalue weighted by Crippen LogP contribution is 2.15. The summed E-state index contributed by atoms with van der Waals surface area (Å²) in [5.74, 6) is -0.116. The standard InChI is InChI=1S/C20H29N3O4/c24-19-18(9-1-3-10-21-19)23-20(25)22-16-7-5-6-15(12-16)13-26-14-17-8-2-4-11-27-17/h5-7,12,17-18H,1-4,8-11,13-14H2,(H,21,24)(H2,22,23,25)/t17-,18+/m1/s1. The summed E-state index contributed by atoms with van der Waals surface area (Å²) in [4.78, 5) is 24.1. The maximum atomic E-state index is 12.2. The molecule has 0 aliphatic carbocycles. The predicted octanol–water partition coefficient (Wildman–Crippen LogP) is 2.56. The fourth-order valence-electron chi connectivity index (χ4n) is 3.39. The lowest BCUT2D eigenvalue weighted by atomic mass is 10.1. The van der Waals surface area contributed by atoms with E-state index in [1.54, 1.807) is 0 Å². The molecule has 0 unspecified atom stereocenters. The van der Waals surface area contributed by atoms with Gasteiger partial charge in [0.15, 0.2) is 0 Å². The molecule has 7 nitrogen and oxygen atoms in total. The average Bonchev–Trinajstić information content (AvgIpc) is 2.87. The maximum absolute atomic E-state index is 12.2. The van der Waals surface area contributed by atoms with Gasteiger partial charge in [-0.3, -0.25) is 4.79 Å². The molecule has 2 heterocycles. The second kappa shape index (κ2) is 10.3. The zero-order valence-electron chi connectivity index (χ0n) is 15.7. The highest BCUT2D eigenvalue weighted by Gasteiger charge is 2.22. The van der Waals surface area contributed by atoms with E-state index in [1.165, 1.54) is 6.42 Å². The molecule has 3 amide bonds. The molecule has 27 heavy (non-hydrogen) atoms. The smallest absolute Gasteiger partial charge is 0.319 e. The molecule has 7 heteroatoms. The third-order valence-corrected chi connectivity index (χ3v) is 4.87. The van der Waals surface area contributed by atoms with E-state index in [2.05, 4.69) is 16.0 Å². The molecule has 1 aromatic rings.